The van der Waals surface area contributed by atoms with E-state index in [1.807, 2.05) is 5.38 Å². The summed E-state index contributed by atoms with van der Waals surface area (Å²) in [5.74, 6) is 0.864. The van der Waals surface area contributed by atoms with E-state index in [4.69, 9.17) is 0 Å². The molecule has 13 heavy (non-hydrogen) atoms. The predicted molar refractivity (Wildman–Crippen MR) is 60.2 cm³/mol. The number of hydrogen-bond acceptors (Lipinski definition) is 3. The van der Waals surface area contributed by atoms with Gasteiger partial charge in [-0.15, -0.1) is 11.3 Å². The van der Waals surface area contributed by atoms with Gasteiger partial charge in [0.1, 0.15) is 4.60 Å². The summed E-state index contributed by atoms with van der Waals surface area (Å²) in [4.78, 5) is 4.32. The Kier molecular flexibility index (Phi) is 2.89. The van der Waals surface area contributed by atoms with Gasteiger partial charge in [-0.25, -0.2) is 4.98 Å². The van der Waals surface area contributed by atoms with E-state index in [0.717, 1.165) is 15.7 Å². The third-order valence-electron chi connectivity index (χ3n) is 2.68. The van der Waals surface area contributed by atoms with Crippen LogP contribution in [0, 0.1) is 5.92 Å². The van der Waals surface area contributed by atoms with Crippen LogP contribution in [0.5, 0.6) is 0 Å². The Hall–Kier alpha value is -0.0900. The number of nitrogens with one attached hydrogen (secondary N) is 1. The highest BCUT2D eigenvalue weighted by atomic mass is 79.9. The van der Waals surface area contributed by atoms with Crippen LogP contribution in [0.25, 0.3) is 0 Å². The lowest BCUT2D eigenvalue weighted by atomic mass is 9.80. The van der Waals surface area contributed by atoms with Crippen molar-refractivity contribution in [2.75, 3.05) is 5.32 Å². The standard InChI is InChI=1S/C9H13BrN2S/c1-6(7-3-2-4-7)11-9-12-8(10)5-13-9/h5-7H,2-4H2,1H3,(H,11,12). The highest BCUT2D eigenvalue weighted by Gasteiger charge is 2.24. The van der Waals surface area contributed by atoms with Gasteiger partial charge >= 0.3 is 0 Å². The molecule has 1 aliphatic rings. The van der Waals surface area contributed by atoms with Crippen LogP contribution in [-0.2, 0) is 0 Å². The lowest BCUT2D eigenvalue weighted by Gasteiger charge is -2.31. The molecule has 1 unspecified atom stereocenters. The molecular formula is C9H13BrN2S. The highest BCUT2D eigenvalue weighted by molar-refractivity contribution is 9.10. The zero-order valence-electron chi connectivity index (χ0n) is 7.59. The second-order valence-electron chi connectivity index (χ2n) is 3.60. The number of hydrogen-bond donors (Lipinski definition) is 1. The summed E-state index contributed by atoms with van der Waals surface area (Å²) in [7, 11) is 0. The fourth-order valence-corrected chi connectivity index (χ4v) is 2.81. The van der Waals surface area contributed by atoms with Crippen LogP contribution < -0.4 is 5.32 Å². The van der Waals surface area contributed by atoms with Gasteiger partial charge in [0.15, 0.2) is 5.13 Å². The third-order valence-corrected chi connectivity index (χ3v) is 4.17. The molecule has 1 aromatic rings. The second-order valence-corrected chi connectivity index (χ2v) is 5.27. The van der Waals surface area contributed by atoms with E-state index in [0.29, 0.717) is 6.04 Å². The average molecular weight is 261 g/mol. The van der Waals surface area contributed by atoms with Crippen molar-refractivity contribution in [2.24, 2.45) is 5.92 Å². The number of anilines is 1. The second kappa shape index (κ2) is 3.96. The maximum absolute atomic E-state index is 4.32. The first-order valence-electron chi connectivity index (χ1n) is 4.63. The Balaban J connectivity index is 1.89. The van der Waals surface area contributed by atoms with Crippen molar-refractivity contribution in [3.8, 4) is 0 Å². The van der Waals surface area contributed by atoms with Crippen molar-refractivity contribution in [3.63, 3.8) is 0 Å². The average Bonchev–Trinajstić information content (AvgIpc) is 2.31. The maximum Gasteiger partial charge on any atom is 0.183 e. The smallest absolute Gasteiger partial charge is 0.183 e. The van der Waals surface area contributed by atoms with Crippen LogP contribution in [0.4, 0.5) is 5.13 Å². The molecule has 0 amide bonds. The van der Waals surface area contributed by atoms with Gasteiger partial charge in [-0.05, 0) is 41.6 Å². The molecule has 0 bridgehead atoms. The normalized spacial score (nSPS) is 19.5. The summed E-state index contributed by atoms with van der Waals surface area (Å²) >= 11 is 5.01. The SMILES string of the molecule is CC(Nc1nc(Br)cs1)C1CCC1. The molecule has 0 aliphatic heterocycles. The Morgan fingerprint density at radius 1 is 1.69 bits per heavy atom. The zero-order chi connectivity index (χ0) is 9.26. The Bertz CT molecular complexity index is 283. The molecule has 1 aliphatic carbocycles. The zero-order valence-corrected chi connectivity index (χ0v) is 9.99. The fourth-order valence-electron chi connectivity index (χ4n) is 1.57. The van der Waals surface area contributed by atoms with E-state index in [-0.39, 0.29) is 0 Å². The van der Waals surface area contributed by atoms with Crippen LogP contribution in [0.3, 0.4) is 0 Å². The van der Waals surface area contributed by atoms with Gasteiger partial charge in [0.2, 0.25) is 0 Å². The van der Waals surface area contributed by atoms with Crippen molar-refractivity contribution < 1.29 is 0 Å². The quantitative estimate of drug-likeness (QED) is 0.900. The number of aromatic nitrogens is 1. The van der Waals surface area contributed by atoms with Crippen LogP contribution >= 0.6 is 27.3 Å². The van der Waals surface area contributed by atoms with Crippen molar-refractivity contribution in [1.29, 1.82) is 0 Å². The van der Waals surface area contributed by atoms with Gasteiger partial charge < -0.3 is 5.32 Å². The molecule has 1 heterocycles. The van der Waals surface area contributed by atoms with Crippen LogP contribution in [0.1, 0.15) is 26.2 Å². The molecule has 1 saturated carbocycles. The minimum absolute atomic E-state index is 0.576. The Labute approximate surface area is 90.9 Å². The van der Waals surface area contributed by atoms with E-state index >= 15 is 0 Å². The van der Waals surface area contributed by atoms with Gasteiger partial charge in [0, 0.05) is 11.4 Å². The molecule has 0 aromatic carbocycles. The van der Waals surface area contributed by atoms with Crippen molar-refractivity contribution in [1.82, 2.24) is 4.98 Å². The van der Waals surface area contributed by atoms with Gasteiger partial charge in [-0.1, -0.05) is 6.42 Å². The van der Waals surface area contributed by atoms with Gasteiger partial charge in [0.25, 0.3) is 0 Å². The predicted octanol–water partition coefficient (Wildman–Crippen LogP) is 3.51. The van der Waals surface area contributed by atoms with E-state index in [1.165, 1.54) is 19.3 Å². The first-order chi connectivity index (χ1) is 6.25. The first kappa shape index (κ1) is 9.46. The van der Waals surface area contributed by atoms with E-state index in [2.05, 4.69) is 33.2 Å². The number of rotatable bonds is 3. The topological polar surface area (TPSA) is 24.9 Å². The van der Waals surface area contributed by atoms with Crippen molar-refractivity contribution >= 4 is 32.4 Å². The number of thiazole rings is 1. The molecule has 1 fully saturated rings. The molecular weight excluding hydrogens is 248 g/mol. The summed E-state index contributed by atoms with van der Waals surface area (Å²) in [6.45, 7) is 2.25. The molecule has 0 saturated heterocycles. The Morgan fingerprint density at radius 2 is 2.46 bits per heavy atom. The molecule has 2 nitrogen and oxygen atoms in total. The molecule has 1 atom stereocenters. The number of halogens is 1. The lowest BCUT2D eigenvalue weighted by Crippen LogP contribution is -2.30. The van der Waals surface area contributed by atoms with Crippen LogP contribution in [-0.4, -0.2) is 11.0 Å². The first-order valence-corrected chi connectivity index (χ1v) is 6.30. The highest BCUT2D eigenvalue weighted by Crippen LogP contribution is 2.31. The molecule has 0 radical (unpaired) electrons. The molecule has 72 valence electrons. The summed E-state index contributed by atoms with van der Waals surface area (Å²) in [5.41, 5.74) is 0. The Morgan fingerprint density at radius 3 is 2.92 bits per heavy atom. The summed E-state index contributed by atoms with van der Waals surface area (Å²) in [6, 6.07) is 0.576. The van der Waals surface area contributed by atoms with Gasteiger partial charge in [-0.3, -0.25) is 0 Å². The lowest BCUT2D eigenvalue weighted by molar-refractivity contribution is 0.285. The molecule has 4 heteroatoms. The minimum Gasteiger partial charge on any atom is -0.359 e. The number of nitrogens with zero attached hydrogens (tertiary/aromatic N) is 1. The van der Waals surface area contributed by atoms with E-state index in [9.17, 15) is 0 Å². The summed E-state index contributed by atoms with van der Waals surface area (Å²) in [5, 5.41) is 6.49. The molecule has 0 spiro atoms. The maximum atomic E-state index is 4.32. The fraction of sp³-hybridized carbons (Fsp3) is 0.667. The van der Waals surface area contributed by atoms with Gasteiger partial charge in [-0.2, -0.15) is 0 Å². The minimum atomic E-state index is 0.576. The summed E-state index contributed by atoms with van der Waals surface area (Å²) in [6.07, 6.45) is 4.15. The monoisotopic (exact) mass is 260 g/mol. The van der Waals surface area contributed by atoms with Crippen molar-refractivity contribution in [3.05, 3.63) is 9.98 Å². The van der Waals surface area contributed by atoms with Crippen LogP contribution in [0.15, 0.2) is 9.98 Å². The molecule has 2 rings (SSSR count). The van der Waals surface area contributed by atoms with Gasteiger partial charge in [0.05, 0.1) is 0 Å². The van der Waals surface area contributed by atoms with Crippen LogP contribution in [0.2, 0.25) is 0 Å². The third kappa shape index (κ3) is 2.23. The summed E-state index contributed by atoms with van der Waals surface area (Å²) < 4.78 is 0.931. The van der Waals surface area contributed by atoms with Crippen molar-refractivity contribution in [2.45, 2.75) is 32.2 Å². The van der Waals surface area contributed by atoms with E-state index in [1.54, 1.807) is 11.3 Å². The van der Waals surface area contributed by atoms with E-state index < -0.39 is 0 Å². The molecule has 1 aromatic heterocycles. The molecule has 1 N–H and O–H groups in total. The largest absolute Gasteiger partial charge is 0.359 e.